The minimum atomic E-state index is -0.195. The Hall–Kier alpha value is -6.03. The Morgan fingerprint density at radius 3 is 2.09 bits per heavy atom. The predicted molar refractivity (Wildman–Crippen MR) is 241 cm³/mol. The van der Waals surface area contributed by atoms with Gasteiger partial charge in [-0.15, -0.1) is 11.8 Å². The van der Waals surface area contributed by atoms with Crippen LogP contribution in [0, 0.1) is 0 Å². The number of allylic oxidation sites excluding steroid dienone is 3. The first-order valence-electron chi connectivity index (χ1n) is 20.3. The van der Waals surface area contributed by atoms with E-state index in [-0.39, 0.29) is 10.8 Å². The zero-order valence-corrected chi connectivity index (χ0v) is 33.4. The first-order valence-corrected chi connectivity index (χ1v) is 21.1. The Labute approximate surface area is 338 Å². The van der Waals surface area contributed by atoms with Gasteiger partial charge in [0.2, 0.25) is 0 Å². The number of hydrogen-bond donors (Lipinski definition) is 0. The van der Waals surface area contributed by atoms with Gasteiger partial charge in [0, 0.05) is 49.0 Å². The average molecular weight is 751 g/mol. The van der Waals surface area contributed by atoms with Gasteiger partial charge < -0.3 is 9.47 Å². The van der Waals surface area contributed by atoms with Gasteiger partial charge in [0.05, 0.1) is 22.4 Å². The van der Waals surface area contributed by atoms with Crippen LogP contribution < -0.4 is 4.90 Å². The van der Waals surface area contributed by atoms with Gasteiger partial charge >= 0.3 is 0 Å². The summed E-state index contributed by atoms with van der Waals surface area (Å²) in [7, 11) is 0. The molecule has 0 N–H and O–H groups in total. The molecule has 7 aromatic carbocycles. The summed E-state index contributed by atoms with van der Waals surface area (Å²) in [6, 6.07) is 55.3. The van der Waals surface area contributed by atoms with Gasteiger partial charge in [-0.3, -0.25) is 0 Å². The molecule has 12 rings (SSSR count). The molecule has 0 amide bonds. The van der Waals surface area contributed by atoms with Crippen molar-refractivity contribution in [2.75, 3.05) is 4.90 Å². The fourth-order valence-electron chi connectivity index (χ4n) is 10.6. The molecule has 2 aliphatic heterocycles. The highest BCUT2D eigenvalue weighted by Gasteiger charge is 2.40. The smallest absolute Gasteiger partial charge is 0.0541 e. The topological polar surface area (TPSA) is 8.17 Å². The van der Waals surface area contributed by atoms with Crippen LogP contribution in [0.2, 0.25) is 0 Å². The Balaban J connectivity index is 0.990. The van der Waals surface area contributed by atoms with E-state index in [0.717, 1.165) is 0 Å². The van der Waals surface area contributed by atoms with Crippen molar-refractivity contribution in [1.82, 2.24) is 4.57 Å². The first-order chi connectivity index (χ1) is 27.8. The molecule has 8 aromatic rings. The molecular formula is C54H42N2S. The lowest BCUT2D eigenvalue weighted by Crippen LogP contribution is -2.30. The Kier molecular flexibility index (Phi) is 6.83. The fourth-order valence-corrected chi connectivity index (χ4v) is 11.9. The van der Waals surface area contributed by atoms with Crippen LogP contribution in [0.1, 0.15) is 61.4 Å². The fraction of sp³-hybridized carbons (Fsp3) is 0.148. The van der Waals surface area contributed by atoms with E-state index in [2.05, 4.69) is 207 Å². The molecule has 0 fully saturated rings. The molecule has 2 atom stereocenters. The summed E-state index contributed by atoms with van der Waals surface area (Å²) in [5.74, 6) is 0.428. The van der Waals surface area contributed by atoms with E-state index in [4.69, 9.17) is 0 Å². The number of thioether (sulfide) groups is 1. The highest BCUT2D eigenvalue weighted by molar-refractivity contribution is 8.00. The molecule has 4 aliphatic rings. The molecule has 0 spiro atoms. The Morgan fingerprint density at radius 2 is 1.18 bits per heavy atom. The minimum absolute atomic E-state index is 0.0715. The van der Waals surface area contributed by atoms with Crippen LogP contribution >= 0.6 is 11.8 Å². The van der Waals surface area contributed by atoms with Crippen molar-refractivity contribution < 1.29 is 0 Å². The summed E-state index contributed by atoms with van der Waals surface area (Å²) in [5.41, 5.74) is 19.2. The van der Waals surface area contributed by atoms with Gasteiger partial charge in [0.25, 0.3) is 0 Å². The van der Waals surface area contributed by atoms with E-state index in [0.29, 0.717) is 11.2 Å². The zero-order valence-electron chi connectivity index (χ0n) is 32.6. The maximum absolute atomic E-state index is 2.51. The molecule has 3 heteroatoms. The van der Waals surface area contributed by atoms with Crippen LogP contribution in [0.25, 0.3) is 49.7 Å². The van der Waals surface area contributed by atoms with Crippen molar-refractivity contribution in [2.24, 2.45) is 0 Å². The molecule has 0 saturated carbocycles. The summed E-state index contributed by atoms with van der Waals surface area (Å²) in [4.78, 5) is 3.90. The Morgan fingerprint density at radius 1 is 0.491 bits per heavy atom. The largest absolute Gasteiger partial charge is 0.310 e. The van der Waals surface area contributed by atoms with Gasteiger partial charge in [0.15, 0.2) is 0 Å². The maximum atomic E-state index is 2.51. The number of nitrogens with zero attached hydrogens (tertiary/aromatic N) is 2. The zero-order chi connectivity index (χ0) is 38.2. The quantitative estimate of drug-likeness (QED) is 0.178. The number of fused-ring (bicyclic) bond motifs is 11. The average Bonchev–Trinajstić information content (AvgIpc) is 3.86. The normalized spacial score (nSPS) is 18.9. The van der Waals surface area contributed by atoms with Crippen molar-refractivity contribution in [3.05, 3.63) is 198 Å². The lowest BCUT2D eigenvalue weighted by Gasteiger charge is -2.42. The monoisotopic (exact) mass is 750 g/mol. The lowest BCUT2D eigenvalue weighted by molar-refractivity contribution is 0.632. The van der Waals surface area contributed by atoms with E-state index in [1.54, 1.807) is 0 Å². The van der Waals surface area contributed by atoms with Gasteiger partial charge in [-0.25, -0.2) is 0 Å². The van der Waals surface area contributed by atoms with Gasteiger partial charge in [-0.2, -0.15) is 0 Å². The second-order valence-electron chi connectivity index (χ2n) is 17.3. The molecule has 57 heavy (non-hydrogen) atoms. The van der Waals surface area contributed by atoms with Crippen molar-refractivity contribution in [3.63, 3.8) is 0 Å². The van der Waals surface area contributed by atoms with E-state index in [9.17, 15) is 0 Å². The van der Waals surface area contributed by atoms with Crippen molar-refractivity contribution in [3.8, 4) is 27.9 Å². The molecule has 0 bridgehead atoms. The summed E-state index contributed by atoms with van der Waals surface area (Å²) >= 11 is 1.99. The van der Waals surface area contributed by atoms with Crippen molar-refractivity contribution in [2.45, 2.75) is 54.6 Å². The van der Waals surface area contributed by atoms with E-state index < -0.39 is 0 Å². The summed E-state index contributed by atoms with van der Waals surface area (Å²) in [6.45, 7) is 9.52. The second-order valence-corrected chi connectivity index (χ2v) is 18.5. The first kappa shape index (κ1) is 33.1. The molecule has 1 aromatic heterocycles. The van der Waals surface area contributed by atoms with Gasteiger partial charge in [0.1, 0.15) is 0 Å². The molecule has 2 unspecified atom stereocenters. The highest BCUT2D eigenvalue weighted by atomic mass is 32.2. The number of rotatable bonds is 3. The minimum Gasteiger partial charge on any atom is -0.310 e. The van der Waals surface area contributed by atoms with Crippen LogP contribution in [-0.2, 0) is 10.8 Å². The van der Waals surface area contributed by atoms with Crippen molar-refractivity contribution in [1.29, 1.82) is 0 Å². The predicted octanol–water partition coefficient (Wildman–Crippen LogP) is 14.5. The van der Waals surface area contributed by atoms with E-state index >= 15 is 0 Å². The van der Waals surface area contributed by atoms with E-state index in [1.807, 2.05) is 11.8 Å². The van der Waals surface area contributed by atoms with Crippen molar-refractivity contribution >= 4 is 50.6 Å². The standard InChI is InChI=1S/C54H42N2S/c1-53(2)43-16-8-5-13-37(43)38-25-23-36(32-45(38)53)56-49-19-11-9-17-44(49)54(3,4)46-30-34(22-27-50(46)56)33-21-26-48-41(29-33)39-14-6-10-18-47(39)55(48)35-24-28-52-42(31-35)40-15-7-12-20-51(40)57-52/h5-32,40,51H,1-4H3. The van der Waals surface area contributed by atoms with Crippen LogP contribution in [0.15, 0.2) is 175 Å². The van der Waals surface area contributed by atoms with Gasteiger partial charge in [-0.05, 0) is 117 Å². The third-order valence-corrected chi connectivity index (χ3v) is 14.9. The molecule has 0 saturated heterocycles. The number of hydrogen-bond acceptors (Lipinski definition) is 2. The summed E-state index contributed by atoms with van der Waals surface area (Å²) < 4.78 is 2.47. The molecule has 3 heterocycles. The van der Waals surface area contributed by atoms with Crippen LogP contribution in [0.5, 0.6) is 0 Å². The number of para-hydroxylation sites is 2. The maximum Gasteiger partial charge on any atom is 0.0541 e. The second kappa shape index (κ2) is 11.8. The molecular weight excluding hydrogens is 709 g/mol. The third-order valence-electron chi connectivity index (χ3n) is 13.5. The third kappa shape index (κ3) is 4.61. The lowest BCUT2D eigenvalue weighted by atomic mass is 9.72. The number of aromatic nitrogens is 1. The number of anilines is 3. The summed E-state index contributed by atoms with van der Waals surface area (Å²) in [5, 5.41) is 3.05. The molecule has 2 nitrogen and oxygen atoms in total. The number of benzene rings is 7. The van der Waals surface area contributed by atoms with E-state index in [1.165, 1.54) is 99.5 Å². The molecule has 0 radical (unpaired) electrons. The van der Waals surface area contributed by atoms with Crippen LogP contribution in [-0.4, -0.2) is 9.82 Å². The van der Waals surface area contributed by atoms with Gasteiger partial charge in [-0.1, -0.05) is 131 Å². The summed E-state index contributed by atoms with van der Waals surface area (Å²) in [6.07, 6.45) is 9.12. The SMILES string of the molecule is CC1(C)c2ccccc2-c2ccc(N3c4ccccc4C(C)(C)c4cc(-c5ccc6c(c5)c5ccccc5n6-c5ccc6c(c5)C5C=CC=CC5S6)ccc43)cc21. The molecule has 274 valence electrons. The Bertz CT molecular complexity index is 3080. The highest BCUT2D eigenvalue weighted by Crippen LogP contribution is 2.55. The van der Waals surface area contributed by atoms with Crippen LogP contribution in [0.3, 0.4) is 0 Å². The molecule has 2 aliphatic carbocycles. The van der Waals surface area contributed by atoms with Crippen LogP contribution in [0.4, 0.5) is 17.1 Å².